The van der Waals surface area contributed by atoms with Gasteiger partial charge in [0.05, 0.1) is 0 Å². The standard InChI is InChI=1S/C17H29N/c1-13-7-9-15(3)16(11-13)10-8-14(2)12-18-17(4,5)6/h7,9,11,14,18H,8,10,12H2,1-6H3. The third-order valence-electron chi connectivity index (χ3n) is 3.39. The number of aryl methyl sites for hydroxylation is 3. The van der Waals surface area contributed by atoms with Crippen molar-refractivity contribution in [3.63, 3.8) is 0 Å². The minimum atomic E-state index is 0.230. The Balaban J connectivity index is 2.42. The maximum atomic E-state index is 3.58. The molecule has 0 radical (unpaired) electrons. The Kier molecular flexibility index (Phi) is 5.40. The maximum Gasteiger partial charge on any atom is 0.00966 e. The van der Waals surface area contributed by atoms with Crippen molar-refractivity contribution in [2.45, 2.75) is 59.9 Å². The first-order valence-corrected chi connectivity index (χ1v) is 7.09. The Labute approximate surface area is 113 Å². The van der Waals surface area contributed by atoms with Gasteiger partial charge in [-0.25, -0.2) is 0 Å². The molecule has 1 N–H and O–H groups in total. The molecule has 0 spiro atoms. The predicted molar refractivity (Wildman–Crippen MR) is 81.2 cm³/mol. The van der Waals surface area contributed by atoms with E-state index in [0.717, 1.165) is 12.5 Å². The number of hydrogen-bond donors (Lipinski definition) is 1. The molecule has 0 aliphatic heterocycles. The first-order chi connectivity index (χ1) is 8.28. The molecule has 1 atom stereocenters. The van der Waals surface area contributed by atoms with Gasteiger partial charge in [0, 0.05) is 5.54 Å². The highest BCUT2D eigenvalue weighted by Gasteiger charge is 2.11. The smallest absolute Gasteiger partial charge is 0.00966 e. The van der Waals surface area contributed by atoms with Crippen molar-refractivity contribution in [2.24, 2.45) is 5.92 Å². The lowest BCUT2D eigenvalue weighted by atomic mass is 9.96. The van der Waals surface area contributed by atoms with E-state index < -0.39 is 0 Å². The van der Waals surface area contributed by atoms with E-state index in [1.165, 1.54) is 29.5 Å². The second-order valence-electron chi connectivity index (χ2n) is 6.70. The van der Waals surface area contributed by atoms with Gasteiger partial charge >= 0.3 is 0 Å². The van der Waals surface area contributed by atoms with Gasteiger partial charge in [-0.05, 0) is 71.0 Å². The zero-order chi connectivity index (χ0) is 13.8. The quantitative estimate of drug-likeness (QED) is 0.819. The maximum absolute atomic E-state index is 3.58. The normalized spacial score (nSPS) is 13.7. The molecule has 1 aromatic rings. The van der Waals surface area contributed by atoms with E-state index in [0.29, 0.717) is 0 Å². The second kappa shape index (κ2) is 6.38. The monoisotopic (exact) mass is 247 g/mol. The van der Waals surface area contributed by atoms with Crippen LogP contribution in [0.2, 0.25) is 0 Å². The van der Waals surface area contributed by atoms with Gasteiger partial charge in [0.15, 0.2) is 0 Å². The molecule has 102 valence electrons. The Hall–Kier alpha value is -0.820. The van der Waals surface area contributed by atoms with Gasteiger partial charge in [-0.2, -0.15) is 0 Å². The van der Waals surface area contributed by atoms with Crippen molar-refractivity contribution >= 4 is 0 Å². The van der Waals surface area contributed by atoms with Crippen LogP contribution < -0.4 is 5.32 Å². The van der Waals surface area contributed by atoms with Crippen LogP contribution in [-0.2, 0) is 6.42 Å². The number of hydrogen-bond acceptors (Lipinski definition) is 1. The molecule has 18 heavy (non-hydrogen) atoms. The third kappa shape index (κ3) is 5.68. The topological polar surface area (TPSA) is 12.0 Å². The summed E-state index contributed by atoms with van der Waals surface area (Å²) < 4.78 is 0. The summed E-state index contributed by atoms with van der Waals surface area (Å²) in [7, 11) is 0. The number of nitrogens with one attached hydrogen (secondary N) is 1. The Bertz CT molecular complexity index is 374. The number of rotatable bonds is 5. The van der Waals surface area contributed by atoms with Crippen molar-refractivity contribution in [1.82, 2.24) is 5.32 Å². The molecule has 0 bridgehead atoms. The van der Waals surface area contributed by atoms with Crippen molar-refractivity contribution in [3.05, 3.63) is 34.9 Å². The Morgan fingerprint density at radius 3 is 2.44 bits per heavy atom. The SMILES string of the molecule is Cc1ccc(C)c(CCC(C)CNC(C)(C)C)c1. The fourth-order valence-corrected chi connectivity index (χ4v) is 2.05. The molecule has 0 aromatic heterocycles. The summed E-state index contributed by atoms with van der Waals surface area (Å²) in [5.41, 5.74) is 4.54. The van der Waals surface area contributed by atoms with Crippen molar-refractivity contribution < 1.29 is 0 Å². The summed E-state index contributed by atoms with van der Waals surface area (Å²) in [6, 6.07) is 6.77. The van der Waals surface area contributed by atoms with Gasteiger partial charge < -0.3 is 5.32 Å². The Morgan fingerprint density at radius 2 is 1.83 bits per heavy atom. The van der Waals surface area contributed by atoms with Crippen LogP contribution in [0, 0.1) is 19.8 Å². The molecule has 1 rings (SSSR count). The van der Waals surface area contributed by atoms with Gasteiger partial charge in [-0.1, -0.05) is 30.7 Å². The molecule has 0 saturated carbocycles. The lowest BCUT2D eigenvalue weighted by Crippen LogP contribution is -2.38. The lowest BCUT2D eigenvalue weighted by Gasteiger charge is -2.23. The van der Waals surface area contributed by atoms with Crippen LogP contribution >= 0.6 is 0 Å². The first-order valence-electron chi connectivity index (χ1n) is 7.09. The van der Waals surface area contributed by atoms with E-state index in [2.05, 4.69) is 65.1 Å². The van der Waals surface area contributed by atoms with E-state index in [1.807, 2.05) is 0 Å². The molecule has 0 aliphatic rings. The van der Waals surface area contributed by atoms with E-state index in [9.17, 15) is 0 Å². The predicted octanol–water partition coefficient (Wildman–Crippen LogP) is 4.26. The second-order valence-corrected chi connectivity index (χ2v) is 6.70. The molecule has 1 heteroatoms. The molecule has 0 fully saturated rings. The highest BCUT2D eigenvalue weighted by atomic mass is 14.9. The van der Waals surface area contributed by atoms with Crippen molar-refractivity contribution in [3.8, 4) is 0 Å². The summed E-state index contributed by atoms with van der Waals surface area (Å²) in [5.74, 6) is 0.726. The van der Waals surface area contributed by atoms with Crippen LogP contribution in [0.1, 0.15) is 50.8 Å². The zero-order valence-electron chi connectivity index (χ0n) is 12.9. The molecule has 1 aromatic carbocycles. The molecule has 0 saturated heterocycles. The van der Waals surface area contributed by atoms with Gasteiger partial charge in [0.2, 0.25) is 0 Å². The van der Waals surface area contributed by atoms with Crippen LogP contribution in [0.3, 0.4) is 0 Å². The minimum absolute atomic E-state index is 0.230. The highest BCUT2D eigenvalue weighted by Crippen LogP contribution is 2.15. The van der Waals surface area contributed by atoms with E-state index in [4.69, 9.17) is 0 Å². The van der Waals surface area contributed by atoms with Crippen LogP contribution in [0.5, 0.6) is 0 Å². The summed E-state index contributed by atoms with van der Waals surface area (Å²) in [6.07, 6.45) is 2.45. The Morgan fingerprint density at radius 1 is 1.17 bits per heavy atom. The molecule has 1 unspecified atom stereocenters. The minimum Gasteiger partial charge on any atom is -0.312 e. The molecular formula is C17H29N. The van der Waals surface area contributed by atoms with Gasteiger partial charge in [0.1, 0.15) is 0 Å². The average Bonchev–Trinajstić information content (AvgIpc) is 2.26. The van der Waals surface area contributed by atoms with Crippen LogP contribution in [0.25, 0.3) is 0 Å². The average molecular weight is 247 g/mol. The van der Waals surface area contributed by atoms with Crippen LogP contribution in [0.4, 0.5) is 0 Å². The summed E-state index contributed by atoms with van der Waals surface area (Å²) >= 11 is 0. The van der Waals surface area contributed by atoms with E-state index >= 15 is 0 Å². The molecular weight excluding hydrogens is 218 g/mol. The largest absolute Gasteiger partial charge is 0.312 e. The molecule has 0 heterocycles. The zero-order valence-corrected chi connectivity index (χ0v) is 12.9. The van der Waals surface area contributed by atoms with E-state index in [1.54, 1.807) is 0 Å². The number of benzene rings is 1. The summed E-state index contributed by atoms with van der Waals surface area (Å²) in [6.45, 7) is 14.5. The van der Waals surface area contributed by atoms with Crippen LogP contribution in [-0.4, -0.2) is 12.1 Å². The third-order valence-corrected chi connectivity index (χ3v) is 3.39. The first kappa shape index (κ1) is 15.2. The van der Waals surface area contributed by atoms with Gasteiger partial charge in [-0.15, -0.1) is 0 Å². The fraction of sp³-hybridized carbons (Fsp3) is 0.647. The molecule has 0 aliphatic carbocycles. The molecule has 1 nitrogen and oxygen atoms in total. The van der Waals surface area contributed by atoms with Gasteiger partial charge in [-0.3, -0.25) is 0 Å². The summed E-state index contributed by atoms with van der Waals surface area (Å²) in [5, 5.41) is 3.58. The van der Waals surface area contributed by atoms with Crippen LogP contribution in [0.15, 0.2) is 18.2 Å². The summed E-state index contributed by atoms with van der Waals surface area (Å²) in [4.78, 5) is 0. The van der Waals surface area contributed by atoms with Crippen molar-refractivity contribution in [1.29, 1.82) is 0 Å². The highest BCUT2D eigenvalue weighted by molar-refractivity contribution is 5.30. The fourth-order valence-electron chi connectivity index (χ4n) is 2.05. The van der Waals surface area contributed by atoms with Gasteiger partial charge in [0.25, 0.3) is 0 Å². The lowest BCUT2D eigenvalue weighted by molar-refractivity contribution is 0.372. The molecule has 0 amide bonds. The van der Waals surface area contributed by atoms with E-state index in [-0.39, 0.29) is 5.54 Å². The van der Waals surface area contributed by atoms with Crippen molar-refractivity contribution in [2.75, 3.05) is 6.54 Å².